The van der Waals surface area contributed by atoms with Gasteiger partial charge in [-0.1, -0.05) is 11.3 Å². The number of carbonyl (C=O) groups is 1. The fourth-order valence-electron chi connectivity index (χ4n) is 2.80. The van der Waals surface area contributed by atoms with Crippen LogP contribution in [0.3, 0.4) is 0 Å². The number of anilines is 1. The molecule has 1 aliphatic heterocycles. The average molecular weight is 363 g/mol. The normalized spacial score (nSPS) is 16.1. The van der Waals surface area contributed by atoms with Crippen LogP contribution in [0.15, 0.2) is 18.2 Å². The molecule has 25 heavy (non-hydrogen) atoms. The summed E-state index contributed by atoms with van der Waals surface area (Å²) >= 11 is 1.44. The first-order chi connectivity index (χ1) is 12.1. The van der Waals surface area contributed by atoms with E-state index in [0.29, 0.717) is 11.7 Å². The van der Waals surface area contributed by atoms with Crippen LogP contribution in [0, 0.1) is 0 Å². The van der Waals surface area contributed by atoms with E-state index >= 15 is 0 Å². The molecule has 1 aromatic carbocycles. The number of fused-ring (bicyclic) bond motifs is 1. The van der Waals surface area contributed by atoms with Gasteiger partial charge in [0.25, 0.3) is 0 Å². The van der Waals surface area contributed by atoms with Gasteiger partial charge in [-0.05, 0) is 38.2 Å². The number of amides is 2. The number of likely N-dealkylation sites (N-methyl/N-ethyl adjacent to an activating group) is 1. The molecule has 0 saturated carbocycles. The van der Waals surface area contributed by atoms with Crippen molar-refractivity contribution in [2.24, 2.45) is 0 Å². The van der Waals surface area contributed by atoms with Crippen LogP contribution in [0.1, 0.15) is 6.42 Å². The van der Waals surface area contributed by atoms with E-state index in [4.69, 9.17) is 4.74 Å². The van der Waals surface area contributed by atoms with Crippen LogP contribution in [0.5, 0.6) is 5.75 Å². The number of aromatic nitrogens is 1. The number of ether oxygens (including phenoxy) is 1. The second-order valence-electron chi connectivity index (χ2n) is 6.23. The summed E-state index contributed by atoms with van der Waals surface area (Å²) in [6.45, 7) is 6.15. The van der Waals surface area contributed by atoms with Crippen LogP contribution in [0.25, 0.3) is 10.2 Å². The van der Waals surface area contributed by atoms with Crippen molar-refractivity contribution >= 4 is 32.7 Å². The Hall–Kier alpha value is -1.90. The number of rotatable bonds is 6. The van der Waals surface area contributed by atoms with Crippen LogP contribution in [-0.4, -0.2) is 74.2 Å². The number of thiazole rings is 1. The Balaban J connectivity index is 1.40. The molecule has 7 nitrogen and oxygen atoms in total. The highest BCUT2D eigenvalue weighted by atomic mass is 32.1. The summed E-state index contributed by atoms with van der Waals surface area (Å²) in [6.07, 6.45) is 0.953. The number of methoxy groups -OCH3 is 1. The number of benzene rings is 1. The van der Waals surface area contributed by atoms with E-state index in [1.165, 1.54) is 11.3 Å². The number of hydrogen-bond acceptors (Lipinski definition) is 6. The third-order valence-corrected chi connectivity index (χ3v) is 5.28. The molecule has 1 saturated heterocycles. The Morgan fingerprint density at radius 3 is 2.88 bits per heavy atom. The molecule has 3 rings (SSSR count). The smallest absolute Gasteiger partial charge is 0.321 e. The highest BCUT2D eigenvalue weighted by molar-refractivity contribution is 7.22. The van der Waals surface area contributed by atoms with Crippen molar-refractivity contribution in [3.05, 3.63) is 18.2 Å². The minimum Gasteiger partial charge on any atom is -0.497 e. The Bertz CT molecular complexity index is 712. The molecular weight excluding hydrogens is 338 g/mol. The van der Waals surface area contributed by atoms with Gasteiger partial charge in [-0.25, -0.2) is 9.78 Å². The monoisotopic (exact) mass is 363 g/mol. The molecule has 1 aromatic heterocycles. The van der Waals surface area contributed by atoms with Gasteiger partial charge in [0.1, 0.15) is 5.75 Å². The molecule has 0 spiro atoms. The Kier molecular flexibility index (Phi) is 6.06. The van der Waals surface area contributed by atoms with Gasteiger partial charge in [0, 0.05) is 32.7 Å². The Morgan fingerprint density at radius 2 is 2.12 bits per heavy atom. The summed E-state index contributed by atoms with van der Waals surface area (Å²) < 4.78 is 6.20. The largest absolute Gasteiger partial charge is 0.497 e. The molecule has 0 unspecified atom stereocenters. The van der Waals surface area contributed by atoms with Crippen LogP contribution in [0.2, 0.25) is 0 Å². The Labute approximate surface area is 152 Å². The minimum absolute atomic E-state index is 0.204. The molecule has 2 N–H and O–H groups in total. The van der Waals surface area contributed by atoms with Gasteiger partial charge in [-0.3, -0.25) is 5.32 Å². The zero-order chi connectivity index (χ0) is 17.6. The number of piperazine rings is 1. The van der Waals surface area contributed by atoms with Gasteiger partial charge in [0.15, 0.2) is 5.13 Å². The summed E-state index contributed by atoms with van der Waals surface area (Å²) in [5.41, 5.74) is 0.858. The quantitative estimate of drug-likeness (QED) is 0.769. The molecular formula is C17H25N5O2S. The van der Waals surface area contributed by atoms with E-state index in [9.17, 15) is 4.79 Å². The lowest BCUT2D eigenvalue weighted by molar-refractivity contribution is 0.153. The van der Waals surface area contributed by atoms with Crippen LogP contribution in [-0.2, 0) is 0 Å². The summed E-state index contributed by atoms with van der Waals surface area (Å²) in [5.74, 6) is 0.788. The standard InChI is InChI=1S/C17H25N5O2S/c1-21-8-10-22(11-9-21)7-3-6-18-16(23)20-17-19-14-5-4-13(24-2)12-15(14)25-17/h4-5,12H,3,6-11H2,1-2H3,(H2,18,19,20,23). The molecule has 2 aromatic rings. The first-order valence-corrected chi connectivity index (χ1v) is 9.36. The second-order valence-corrected chi connectivity index (χ2v) is 7.26. The molecule has 1 aliphatic rings. The van der Waals surface area contributed by atoms with Gasteiger partial charge < -0.3 is 19.9 Å². The van der Waals surface area contributed by atoms with Gasteiger partial charge in [0.05, 0.1) is 17.3 Å². The second kappa shape index (κ2) is 8.46. The zero-order valence-corrected chi connectivity index (χ0v) is 15.6. The van der Waals surface area contributed by atoms with E-state index in [2.05, 4.69) is 32.5 Å². The van der Waals surface area contributed by atoms with Crippen molar-refractivity contribution in [1.29, 1.82) is 0 Å². The maximum absolute atomic E-state index is 12.0. The first kappa shape index (κ1) is 17.9. The van der Waals surface area contributed by atoms with Crippen molar-refractivity contribution in [3.63, 3.8) is 0 Å². The molecule has 136 valence electrons. The molecule has 0 bridgehead atoms. The third kappa shape index (κ3) is 5.04. The fourth-order valence-corrected chi connectivity index (χ4v) is 3.69. The molecule has 2 heterocycles. The molecule has 1 fully saturated rings. The molecule has 8 heteroatoms. The zero-order valence-electron chi connectivity index (χ0n) is 14.7. The van der Waals surface area contributed by atoms with Crippen molar-refractivity contribution in [2.45, 2.75) is 6.42 Å². The van der Waals surface area contributed by atoms with Gasteiger partial charge in [-0.2, -0.15) is 0 Å². The lowest BCUT2D eigenvalue weighted by Gasteiger charge is -2.32. The number of nitrogens with one attached hydrogen (secondary N) is 2. The third-order valence-electron chi connectivity index (χ3n) is 4.35. The summed E-state index contributed by atoms with van der Waals surface area (Å²) in [5, 5.41) is 6.31. The molecule has 0 atom stereocenters. The average Bonchev–Trinajstić information content (AvgIpc) is 3.01. The highest BCUT2D eigenvalue weighted by Crippen LogP contribution is 2.28. The van der Waals surface area contributed by atoms with Gasteiger partial charge >= 0.3 is 6.03 Å². The summed E-state index contributed by atoms with van der Waals surface area (Å²) in [6, 6.07) is 5.48. The maximum atomic E-state index is 12.0. The van der Waals surface area contributed by atoms with Crippen LogP contribution < -0.4 is 15.4 Å². The van der Waals surface area contributed by atoms with Crippen LogP contribution >= 0.6 is 11.3 Å². The van der Waals surface area contributed by atoms with E-state index in [1.54, 1.807) is 7.11 Å². The van der Waals surface area contributed by atoms with Gasteiger partial charge in [0.2, 0.25) is 0 Å². The predicted octanol–water partition coefficient (Wildman–Crippen LogP) is 2.06. The molecule has 2 amide bonds. The SMILES string of the molecule is COc1ccc2nc(NC(=O)NCCCN3CCN(C)CC3)sc2c1. The number of carbonyl (C=O) groups excluding carboxylic acids is 1. The van der Waals surface area contributed by atoms with E-state index in [1.807, 2.05) is 18.2 Å². The van der Waals surface area contributed by atoms with E-state index in [-0.39, 0.29) is 6.03 Å². The highest BCUT2D eigenvalue weighted by Gasteiger charge is 2.13. The van der Waals surface area contributed by atoms with Crippen molar-refractivity contribution in [3.8, 4) is 5.75 Å². The molecule has 0 aliphatic carbocycles. The lowest BCUT2D eigenvalue weighted by Crippen LogP contribution is -2.45. The maximum Gasteiger partial charge on any atom is 0.321 e. The van der Waals surface area contributed by atoms with E-state index < -0.39 is 0 Å². The topological polar surface area (TPSA) is 69.7 Å². The van der Waals surface area contributed by atoms with Crippen molar-refractivity contribution < 1.29 is 9.53 Å². The van der Waals surface area contributed by atoms with Crippen molar-refractivity contribution in [1.82, 2.24) is 20.1 Å². The minimum atomic E-state index is -0.204. The molecule has 0 radical (unpaired) electrons. The number of nitrogens with zero attached hydrogens (tertiary/aromatic N) is 3. The lowest BCUT2D eigenvalue weighted by atomic mass is 10.3. The summed E-state index contributed by atoms with van der Waals surface area (Å²) in [7, 11) is 3.79. The first-order valence-electron chi connectivity index (χ1n) is 8.54. The predicted molar refractivity (Wildman–Crippen MR) is 102 cm³/mol. The number of hydrogen-bond donors (Lipinski definition) is 2. The fraction of sp³-hybridized carbons (Fsp3) is 0.529. The van der Waals surface area contributed by atoms with Crippen LogP contribution in [0.4, 0.5) is 9.93 Å². The van der Waals surface area contributed by atoms with Gasteiger partial charge in [-0.15, -0.1) is 0 Å². The van der Waals surface area contributed by atoms with Crippen molar-refractivity contribution in [2.75, 3.05) is 58.7 Å². The summed E-state index contributed by atoms with van der Waals surface area (Å²) in [4.78, 5) is 21.2. The number of urea groups is 1. The van der Waals surface area contributed by atoms with E-state index in [0.717, 1.165) is 55.1 Å². The Morgan fingerprint density at radius 1 is 1.32 bits per heavy atom.